The molecule has 13 heavy (non-hydrogen) atoms. The summed E-state index contributed by atoms with van der Waals surface area (Å²) in [6, 6.07) is 0.763. The molecule has 1 aliphatic rings. The van der Waals surface area contributed by atoms with E-state index in [2.05, 4.69) is 18.7 Å². The molecule has 1 rings (SSSR count). The zero-order valence-corrected chi connectivity index (χ0v) is 9.00. The van der Waals surface area contributed by atoms with Gasteiger partial charge in [0.2, 0.25) is 0 Å². The Hall–Kier alpha value is -0.0800. The van der Waals surface area contributed by atoms with Crippen molar-refractivity contribution in [1.29, 1.82) is 0 Å². The van der Waals surface area contributed by atoms with E-state index < -0.39 is 0 Å². The second kappa shape index (κ2) is 5.61. The zero-order chi connectivity index (χ0) is 9.68. The minimum absolute atomic E-state index is 0.312. The van der Waals surface area contributed by atoms with Crippen LogP contribution in [0.15, 0.2) is 0 Å². The third-order valence-electron chi connectivity index (χ3n) is 3.23. The molecular weight excluding hydrogens is 162 g/mol. The van der Waals surface area contributed by atoms with Crippen LogP contribution in [0, 0.1) is 5.92 Å². The van der Waals surface area contributed by atoms with E-state index in [4.69, 9.17) is 5.11 Å². The van der Waals surface area contributed by atoms with Gasteiger partial charge in [-0.25, -0.2) is 0 Å². The highest BCUT2D eigenvalue weighted by Gasteiger charge is 2.31. The molecular formula is C11H23NO. The van der Waals surface area contributed by atoms with Gasteiger partial charge in [0.05, 0.1) is 6.61 Å². The van der Waals surface area contributed by atoms with Gasteiger partial charge >= 0.3 is 0 Å². The van der Waals surface area contributed by atoms with Gasteiger partial charge in [0.25, 0.3) is 0 Å². The van der Waals surface area contributed by atoms with Gasteiger partial charge in [0.1, 0.15) is 0 Å². The van der Waals surface area contributed by atoms with Crippen LogP contribution >= 0.6 is 0 Å². The fourth-order valence-corrected chi connectivity index (χ4v) is 2.12. The number of nitrogens with zero attached hydrogens (tertiary/aromatic N) is 1. The average Bonchev–Trinajstić information content (AvgIpc) is 2.12. The Bertz CT molecular complexity index is 138. The Kier molecular flexibility index (Phi) is 4.74. The molecule has 78 valence electrons. The van der Waals surface area contributed by atoms with Gasteiger partial charge in [-0.3, -0.25) is 4.90 Å². The lowest BCUT2D eigenvalue weighted by molar-refractivity contribution is 0.0554. The number of hydrogen-bond acceptors (Lipinski definition) is 2. The van der Waals surface area contributed by atoms with Gasteiger partial charge in [0.15, 0.2) is 0 Å². The van der Waals surface area contributed by atoms with E-state index >= 15 is 0 Å². The SMILES string of the molecule is CCCCN(CCO)C1CCC1C. The first kappa shape index (κ1) is 11.0. The molecule has 0 radical (unpaired) electrons. The van der Waals surface area contributed by atoms with Crippen LogP contribution in [0.5, 0.6) is 0 Å². The summed E-state index contributed by atoms with van der Waals surface area (Å²) in [6.07, 6.45) is 5.23. The summed E-state index contributed by atoms with van der Waals surface area (Å²) in [5, 5.41) is 8.95. The number of rotatable bonds is 6. The van der Waals surface area contributed by atoms with Crippen LogP contribution < -0.4 is 0 Å². The van der Waals surface area contributed by atoms with Gasteiger partial charge in [-0.15, -0.1) is 0 Å². The first-order valence-corrected chi connectivity index (χ1v) is 5.64. The molecule has 0 aromatic rings. The Balaban J connectivity index is 2.28. The Labute approximate surface area is 81.9 Å². The third kappa shape index (κ3) is 2.96. The monoisotopic (exact) mass is 185 g/mol. The van der Waals surface area contributed by atoms with E-state index in [0.717, 1.165) is 18.5 Å². The maximum absolute atomic E-state index is 8.95. The van der Waals surface area contributed by atoms with Crippen molar-refractivity contribution in [3.63, 3.8) is 0 Å². The van der Waals surface area contributed by atoms with E-state index in [0.29, 0.717) is 6.61 Å². The maximum atomic E-state index is 8.95. The van der Waals surface area contributed by atoms with Crippen LogP contribution in [-0.4, -0.2) is 35.7 Å². The van der Waals surface area contributed by atoms with Crippen LogP contribution in [0.2, 0.25) is 0 Å². The minimum Gasteiger partial charge on any atom is -0.395 e. The first-order chi connectivity index (χ1) is 6.29. The molecule has 2 unspecified atom stereocenters. The quantitative estimate of drug-likeness (QED) is 0.683. The summed E-state index contributed by atoms with van der Waals surface area (Å²) in [4.78, 5) is 2.47. The van der Waals surface area contributed by atoms with E-state index in [1.807, 2.05) is 0 Å². The molecule has 0 spiro atoms. The lowest BCUT2D eigenvalue weighted by Gasteiger charge is -2.42. The molecule has 0 aromatic heterocycles. The number of aliphatic hydroxyl groups is 1. The van der Waals surface area contributed by atoms with Gasteiger partial charge in [-0.05, 0) is 31.7 Å². The van der Waals surface area contributed by atoms with Crippen molar-refractivity contribution in [1.82, 2.24) is 4.90 Å². The van der Waals surface area contributed by atoms with Crippen molar-refractivity contribution in [3.05, 3.63) is 0 Å². The molecule has 2 atom stereocenters. The van der Waals surface area contributed by atoms with Crippen LogP contribution in [0.25, 0.3) is 0 Å². The van der Waals surface area contributed by atoms with E-state index in [1.165, 1.54) is 32.2 Å². The standard InChI is InChI=1S/C11H23NO/c1-3-4-7-12(8-9-13)11-6-5-10(11)2/h10-11,13H,3-9H2,1-2H3. The van der Waals surface area contributed by atoms with Crippen molar-refractivity contribution >= 4 is 0 Å². The summed E-state index contributed by atoms with van der Waals surface area (Å²) < 4.78 is 0. The van der Waals surface area contributed by atoms with Crippen molar-refractivity contribution in [2.45, 2.75) is 45.6 Å². The second-order valence-electron chi connectivity index (χ2n) is 4.24. The minimum atomic E-state index is 0.312. The van der Waals surface area contributed by atoms with Gasteiger partial charge < -0.3 is 5.11 Å². The van der Waals surface area contributed by atoms with Crippen LogP contribution in [0.4, 0.5) is 0 Å². The van der Waals surface area contributed by atoms with E-state index in [-0.39, 0.29) is 0 Å². The number of aliphatic hydroxyl groups excluding tert-OH is 1. The molecule has 1 N–H and O–H groups in total. The van der Waals surface area contributed by atoms with E-state index in [1.54, 1.807) is 0 Å². The molecule has 2 nitrogen and oxygen atoms in total. The summed E-state index contributed by atoms with van der Waals surface area (Å²) in [5.41, 5.74) is 0. The normalized spacial score (nSPS) is 27.7. The Morgan fingerprint density at radius 2 is 2.08 bits per heavy atom. The second-order valence-corrected chi connectivity index (χ2v) is 4.24. The summed E-state index contributed by atoms with van der Waals surface area (Å²) in [5.74, 6) is 0.850. The molecule has 0 aromatic carbocycles. The highest BCUT2D eigenvalue weighted by atomic mass is 16.3. The van der Waals surface area contributed by atoms with Gasteiger partial charge in [-0.2, -0.15) is 0 Å². The topological polar surface area (TPSA) is 23.5 Å². The lowest BCUT2D eigenvalue weighted by Crippen LogP contribution is -2.47. The van der Waals surface area contributed by atoms with Crippen molar-refractivity contribution in [2.75, 3.05) is 19.7 Å². The average molecular weight is 185 g/mol. The predicted molar refractivity (Wildman–Crippen MR) is 55.8 cm³/mol. The van der Waals surface area contributed by atoms with Crippen molar-refractivity contribution in [2.24, 2.45) is 5.92 Å². The first-order valence-electron chi connectivity index (χ1n) is 5.64. The summed E-state index contributed by atoms with van der Waals surface area (Å²) >= 11 is 0. The Morgan fingerprint density at radius 1 is 1.31 bits per heavy atom. The Morgan fingerprint density at radius 3 is 2.46 bits per heavy atom. The molecule has 2 heteroatoms. The van der Waals surface area contributed by atoms with E-state index in [9.17, 15) is 0 Å². The number of hydrogen-bond donors (Lipinski definition) is 1. The maximum Gasteiger partial charge on any atom is 0.0558 e. The molecule has 0 saturated heterocycles. The van der Waals surface area contributed by atoms with Crippen LogP contribution in [0.1, 0.15) is 39.5 Å². The van der Waals surface area contributed by atoms with Gasteiger partial charge in [-0.1, -0.05) is 20.3 Å². The molecule has 1 fully saturated rings. The molecule has 1 saturated carbocycles. The fraction of sp³-hybridized carbons (Fsp3) is 1.00. The molecule has 0 aliphatic heterocycles. The number of unbranched alkanes of at least 4 members (excludes halogenated alkanes) is 1. The van der Waals surface area contributed by atoms with Crippen molar-refractivity contribution in [3.8, 4) is 0 Å². The van der Waals surface area contributed by atoms with Crippen LogP contribution in [0.3, 0.4) is 0 Å². The highest BCUT2D eigenvalue weighted by molar-refractivity contribution is 4.85. The highest BCUT2D eigenvalue weighted by Crippen LogP contribution is 2.31. The molecule has 1 aliphatic carbocycles. The molecule has 0 heterocycles. The zero-order valence-electron chi connectivity index (χ0n) is 9.00. The smallest absolute Gasteiger partial charge is 0.0558 e. The lowest BCUT2D eigenvalue weighted by atomic mass is 9.80. The third-order valence-corrected chi connectivity index (χ3v) is 3.23. The molecule has 0 amide bonds. The van der Waals surface area contributed by atoms with Crippen molar-refractivity contribution < 1.29 is 5.11 Å². The summed E-state index contributed by atoms with van der Waals surface area (Å²) in [7, 11) is 0. The molecule has 0 bridgehead atoms. The predicted octanol–water partition coefficient (Wildman–Crippen LogP) is 1.88. The largest absolute Gasteiger partial charge is 0.395 e. The van der Waals surface area contributed by atoms with Crippen LogP contribution in [-0.2, 0) is 0 Å². The van der Waals surface area contributed by atoms with Gasteiger partial charge in [0, 0.05) is 12.6 Å². The fourth-order valence-electron chi connectivity index (χ4n) is 2.12. The summed E-state index contributed by atoms with van der Waals surface area (Å²) in [6.45, 7) is 6.90.